The first-order valence-corrected chi connectivity index (χ1v) is 26.1. The minimum absolute atomic E-state index is 0. The van der Waals surface area contributed by atoms with Crippen LogP contribution in [0.2, 0.25) is 0 Å². The standard InChI is InChI=1S/C48H94O7S.Li.H/c1-3-5-7-9-11-13-15-17-19-21-23-25-27-29-31-33-35-37-39-41-43-54-47(49)45-46(56(51,52)53)48(50)55-44-42-40-38-36-34-32-30-28-26-24-22-20-18-16-14-12-10-8-6-4-2;;/h46H,3-45H2,1-2H3,(H,51,52,53);;. The fourth-order valence-corrected chi connectivity index (χ4v) is 8.34. The molecule has 0 aromatic rings. The number of carbonyl (C=O) groups excluding carboxylic acids is 2. The molecule has 0 aliphatic heterocycles. The molecule has 57 heavy (non-hydrogen) atoms. The van der Waals surface area contributed by atoms with Gasteiger partial charge in [-0.05, 0) is 12.8 Å². The van der Waals surface area contributed by atoms with Crippen molar-refractivity contribution in [2.75, 3.05) is 13.2 Å². The normalized spacial score (nSPS) is 12.1. The molecule has 0 aromatic heterocycles. The van der Waals surface area contributed by atoms with Crippen LogP contribution in [0.15, 0.2) is 0 Å². The van der Waals surface area contributed by atoms with Gasteiger partial charge in [0.15, 0.2) is 5.25 Å². The van der Waals surface area contributed by atoms with Crippen LogP contribution >= 0.6 is 0 Å². The second-order valence-electron chi connectivity index (χ2n) is 17.0. The molecule has 0 rings (SSSR count). The second-order valence-corrected chi connectivity index (χ2v) is 18.6. The molecule has 0 aromatic carbocycles. The van der Waals surface area contributed by atoms with Gasteiger partial charge in [-0.2, -0.15) is 8.42 Å². The van der Waals surface area contributed by atoms with Crippen LogP contribution in [0.1, 0.15) is 277 Å². The first-order chi connectivity index (χ1) is 27.3. The summed E-state index contributed by atoms with van der Waals surface area (Å²) in [7, 11) is -4.78. The molecule has 336 valence electrons. The third kappa shape index (κ3) is 44.8. The molecule has 0 radical (unpaired) electrons. The summed E-state index contributed by atoms with van der Waals surface area (Å²) in [5.74, 6) is -1.89. The van der Waals surface area contributed by atoms with Crippen molar-refractivity contribution in [1.29, 1.82) is 0 Å². The Balaban J connectivity index is 0. The summed E-state index contributed by atoms with van der Waals surface area (Å²) in [6.45, 7) is 4.82. The van der Waals surface area contributed by atoms with Gasteiger partial charge < -0.3 is 9.47 Å². The van der Waals surface area contributed by atoms with E-state index < -0.39 is 33.7 Å². The monoisotopic (exact) mass is 823 g/mol. The van der Waals surface area contributed by atoms with Crippen LogP contribution in [-0.4, -0.2) is 62.2 Å². The molecule has 0 heterocycles. The van der Waals surface area contributed by atoms with E-state index >= 15 is 0 Å². The number of unbranched alkanes of at least 4 members (excludes halogenated alkanes) is 38. The zero-order valence-electron chi connectivity index (χ0n) is 37.3. The first kappa shape index (κ1) is 58.5. The summed E-state index contributed by atoms with van der Waals surface area (Å²) in [4.78, 5) is 24.7. The predicted octanol–water partition coefficient (Wildman–Crippen LogP) is 14.7. The average Bonchev–Trinajstić information content (AvgIpc) is 3.17. The summed E-state index contributed by atoms with van der Waals surface area (Å²) in [5.41, 5.74) is 0. The molecular weight excluding hydrogens is 728 g/mol. The Morgan fingerprint density at radius 2 is 0.596 bits per heavy atom. The zero-order valence-corrected chi connectivity index (χ0v) is 38.1. The summed E-state index contributed by atoms with van der Waals surface area (Å²) >= 11 is 0. The van der Waals surface area contributed by atoms with E-state index in [4.69, 9.17) is 9.47 Å². The van der Waals surface area contributed by atoms with Gasteiger partial charge in [0.1, 0.15) is 0 Å². The van der Waals surface area contributed by atoms with Crippen molar-refractivity contribution in [3.63, 3.8) is 0 Å². The van der Waals surface area contributed by atoms with E-state index in [1.807, 2.05) is 0 Å². The van der Waals surface area contributed by atoms with Gasteiger partial charge in [-0.15, -0.1) is 0 Å². The molecule has 0 amide bonds. The SMILES string of the molecule is CCCCCCCCCCCCCCCCCCCCCCOC(=O)CC(C(=O)OCCCCCCCCCCCCCCCCCCCCCC)S(=O)(=O)O.[LiH]. The molecule has 1 atom stereocenters. The van der Waals surface area contributed by atoms with Crippen molar-refractivity contribution in [3.8, 4) is 0 Å². The van der Waals surface area contributed by atoms with Crippen LogP contribution in [-0.2, 0) is 29.2 Å². The summed E-state index contributed by atoms with van der Waals surface area (Å²) in [6.07, 6.45) is 50.6. The topological polar surface area (TPSA) is 107 Å². The molecule has 1 unspecified atom stereocenters. The quantitative estimate of drug-likeness (QED) is 0.0282. The Bertz CT molecular complexity index is 945. The Kier molecular flexibility index (Phi) is 47.8. The van der Waals surface area contributed by atoms with Gasteiger partial charge in [0, 0.05) is 0 Å². The molecule has 1 N–H and O–H groups in total. The molecule has 9 heteroatoms. The summed E-state index contributed by atoms with van der Waals surface area (Å²) < 4.78 is 43.6. The summed E-state index contributed by atoms with van der Waals surface area (Å²) in [6, 6.07) is 0. The number of carbonyl (C=O) groups is 2. The minimum atomic E-state index is -4.78. The maximum absolute atomic E-state index is 12.4. The van der Waals surface area contributed by atoms with E-state index in [2.05, 4.69) is 13.8 Å². The van der Waals surface area contributed by atoms with Crippen molar-refractivity contribution in [2.45, 2.75) is 282 Å². The van der Waals surface area contributed by atoms with Gasteiger partial charge >= 0.3 is 30.8 Å². The van der Waals surface area contributed by atoms with E-state index in [1.165, 1.54) is 212 Å². The van der Waals surface area contributed by atoms with E-state index in [-0.39, 0.29) is 32.1 Å². The fourth-order valence-electron chi connectivity index (χ4n) is 7.69. The van der Waals surface area contributed by atoms with Gasteiger partial charge in [-0.25, -0.2) is 0 Å². The molecule has 0 saturated heterocycles. The van der Waals surface area contributed by atoms with Crippen molar-refractivity contribution < 1.29 is 32.0 Å². The zero-order chi connectivity index (χ0) is 41.1. The van der Waals surface area contributed by atoms with Crippen LogP contribution < -0.4 is 0 Å². The second kappa shape index (κ2) is 46.5. The van der Waals surface area contributed by atoms with Crippen LogP contribution in [0.3, 0.4) is 0 Å². The van der Waals surface area contributed by atoms with E-state index in [0.717, 1.165) is 32.1 Å². The third-order valence-electron chi connectivity index (χ3n) is 11.5. The van der Waals surface area contributed by atoms with E-state index in [1.54, 1.807) is 0 Å². The molecule has 0 aliphatic rings. The van der Waals surface area contributed by atoms with Crippen LogP contribution in [0.5, 0.6) is 0 Å². The maximum atomic E-state index is 12.4. The molecule has 0 spiro atoms. The third-order valence-corrected chi connectivity index (χ3v) is 12.6. The Morgan fingerprint density at radius 3 is 0.825 bits per heavy atom. The Labute approximate surface area is 366 Å². The van der Waals surface area contributed by atoms with Crippen LogP contribution in [0, 0.1) is 0 Å². The van der Waals surface area contributed by atoms with Crippen LogP contribution in [0.25, 0.3) is 0 Å². The van der Waals surface area contributed by atoms with Gasteiger partial charge in [0.2, 0.25) is 0 Å². The molecule has 0 aliphatic carbocycles. The molecule has 7 nitrogen and oxygen atoms in total. The van der Waals surface area contributed by atoms with Crippen molar-refractivity contribution >= 4 is 40.9 Å². The van der Waals surface area contributed by atoms with E-state index in [9.17, 15) is 22.6 Å². The molecule has 0 saturated carbocycles. The first-order valence-electron chi connectivity index (χ1n) is 24.6. The van der Waals surface area contributed by atoms with Crippen molar-refractivity contribution in [3.05, 3.63) is 0 Å². The van der Waals surface area contributed by atoms with Crippen LogP contribution in [0.4, 0.5) is 0 Å². The van der Waals surface area contributed by atoms with E-state index in [0.29, 0.717) is 12.8 Å². The fraction of sp³-hybridized carbons (Fsp3) is 0.958. The van der Waals surface area contributed by atoms with Crippen molar-refractivity contribution in [1.82, 2.24) is 0 Å². The molecule has 0 bridgehead atoms. The van der Waals surface area contributed by atoms with Gasteiger partial charge in [-0.1, -0.05) is 258 Å². The van der Waals surface area contributed by atoms with Gasteiger partial charge in [0.05, 0.1) is 19.6 Å². The average molecular weight is 823 g/mol. The number of hydrogen-bond acceptors (Lipinski definition) is 6. The Hall–Kier alpha value is -0.553. The predicted molar refractivity (Wildman–Crippen MR) is 245 cm³/mol. The number of rotatable bonds is 46. The van der Waals surface area contributed by atoms with Gasteiger partial charge in [-0.3, -0.25) is 14.1 Å². The van der Waals surface area contributed by atoms with Crippen molar-refractivity contribution in [2.24, 2.45) is 0 Å². The van der Waals surface area contributed by atoms with Gasteiger partial charge in [0.25, 0.3) is 10.1 Å². The summed E-state index contributed by atoms with van der Waals surface area (Å²) in [5, 5.41) is -1.94. The number of hydrogen-bond donors (Lipinski definition) is 1. The number of esters is 2. The molecule has 0 fully saturated rings. The molecular formula is C48H95LiO7S. The Morgan fingerprint density at radius 1 is 0.386 bits per heavy atom. The number of ether oxygens (including phenoxy) is 2.